The number of benzene rings is 4. The third-order valence-corrected chi connectivity index (χ3v) is 9.82. The molecule has 0 spiro atoms. The van der Waals surface area contributed by atoms with Gasteiger partial charge in [-0.05, 0) is 149 Å². The van der Waals surface area contributed by atoms with Crippen LogP contribution in [0.5, 0.6) is 46.0 Å². The predicted molar refractivity (Wildman–Crippen MR) is 243 cm³/mol. The Morgan fingerprint density at radius 3 is 1.66 bits per heavy atom. The summed E-state index contributed by atoms with van der Waals surface area (Å²) in [5.41, 5.74) is 3.94. The predicted octanol–water partition coefficient (Wildman–Crippen LogP) is 10.0. The average Bonchev–Trinajstić information content (AvgIpc) is 3.94. The summed E-state index contributed by atoms with van der Waals surface area (Å²) in [5, 5.41) is 12.3. The lowest BCUT2D eigenvalue weighted by Gasteiger charge is -2.27. The standard InChI is InChI=1S/C33H34N2O8S.C16H24O4/c1-17(2)40-28-12-20(13-29(41-18(3)4)31(28)42-19(5)6)11-23-30(21-7-10-26-27(14-21)39-16-38-26)32(36)43-33(23,37)22-8-9-24-25(15-22)35-44-34-24;1-10(2)18-14-7-13(9-17)8-15(19-11(3)4)16(14)20-12(5)6/h7-10,12-15,17-19,37H,11,16H2,1-6H3;7-12H,1-6H3. The van der Waals surface area contributed by atoms with Crippen LogP contribution < -0.4 is 37.9 Å². The molecule has 0 saturated heterocycles. The zero-order chi connectivity index (χ0) is 46.5. The fraction of sp³-hybridized carbons (Fsp3) is 0.429. The number of ether oxygens (including phenoxy) is 9. The highest BCUT2D eigenvalue weighted by Crippen LogP contribution is 2.49. The quantitative estimate of drug-likeness (QED) is 0.0693. The molecule has 3 heterocycles. The average molecular weight is 899 g/mol. The molecule has 342 valence electrons. The van der Waals surface area contributed by atoms with E-state index in [4.69, 9.17) is 42.6 Å². The molecule has 0 saturated carbocycles. The molecule has 1 aromatic heterocycles. The molecule has 15 heteroatoms. The number of carbonyl (C=O) groups excluding carboxylic acids is 2. The largest absolute Gasteiger partial charge is 0.487 e. The van der Waals surface area contributed by atoms with Crippen molar-refractivity contribution in [3.63, 3.8) is 0 Å². The minimum atomic E-state index is -2.09. The van der Waals surface area contributed by atoms with Gasteiger partial charge < -0.3 is 47.7 Å². The molecule has 1 N–H and O–H groups in total. The van der Waals surface area contributed by atoms with E-state index in [9.17, 15) is 14.7 Å². The van der Waals surface area contributed by atoms with Crippen molar-refractivity contribution in [2.75, 3.05) is 6.79 Å². The summed E-state index contributed by atoms with van der Waals surface area (Å²) in [6, 6.07) is 17.4. The van der Waals surface area contributed by atoms with Crippen molar-refractivity contribution >= 4 is 40.6 Å². The van der Waals surface area contributed by atoms with E-state index in [-0.39, 0.29) is 55.4 Å². The molecule has 2 aliphatic rings. The van der Waals surface area contributed by atoms with E-state index in [2.05, 4.69) is 8.75 Å². The minimum absolute atomic E-state index is 0.0129. The third-order valence-electron chi connectivity index (χ3n) is 9.26. The molecular weight excluding hydrogens is 841 g/mol. The Morgan fingerprint density at radius 1 is 0.641 bits per heavy atom. The number of rotatable bonds is 17. The molecule has 4 aromatic carbocycles. The van der Waals surface area contributed by atoms with Gasteiger partial charge in [0.05, 0.1) is 53.9 Å². The molecule has 7 rings (SSSR count). The summed E-state index contributed by atoms with van der Waals surface area (Å²) < 4.78 is 61.4. The summed E-state index contributed by atoms with van der Waals surface area (Å²) in [4.78, 5) is 24.7. The van der Waals surface area contributed by atoms with Crippen LogP contribution in [-0.4, -0.2) is 69.5 Å². The van der Waals surface area contributed by atoms with Gasteiger partial charge in [-0.15, -0.1) is 0 Å². The molecule has 0 amide bonds. The Balaban J connectivity index is 0.000000286. The number of fused-ring (bicyclic) bond motifs is 2. The van der Waals surface area contributed by atoms with Gasteiger partial charge in [0, 0.05) is 23.1 Å². The van der Waals surface area contributed by atoms with Gasteiger partial charge in [0.1, 0.15) is 17.3 Å². The molecule has 1 unspecified atom stereocenters. The molecule has 64 heavy (non-hydrogen) atoms. The van der Waals surface area contributed by atoms with E-state index in [1.165, 1.54) is 0 Å². The Labute approximate surface area is 378 Å². The normalized spacial score (nSPS) is 15.6. The van der Waals surface area contributed by atoms with Crippen molar-refractivity contribution < 1.29 is 57.3 Å². The van der Waals surface area contributed by atoms with Crippen LogP contribution in [0.2, 0.25) is 0 Å². The molecule has 0 radical (unpaired) electrons. The maximum absolute atomic E-state index is 13.7. The molecule has 5 aromatic rings. The van der Waals surface area contributed by atoms with Crippen molar-refractivity contribution in [1.29, 1.82) is 0 Å². The maximum atomic E-state index is 13.7. The zero-order valence-electron chi connectivity index (χ0n) is 38.5. The lowest BCUT2D eigenvalue weighted by Crippen LogP contribution is -2.29. The van der Waals surface area contributed by atoms with Gasteiger partial charge in [-0.3, -0.25) is 4.79 Å². The summed E-state index contributed by atoms with van der Waals surface area (Å²) in [5.74, 6) is 1.42. The van der Waals surface area contributed by atoms with Gasteiger partial charge in [0.25, 0.3) is 5.79 Å². The Kier molecular flexibility index (Phi) is 15.0. The highest BCUT2D eigenvalue weighted by Gasteiger charge is 2.48. The van der Waals surface area contributed by atoms with Crippen molar-refractivity contribution in [2.24, 2.45) is 0 Å². The summed E-state index contributed by atoms with van der Waals surface area (Å²) in [7, 11) is 0. The molecule has 0 aliphatic carbocycles. The van der Waals surface area contributed by atoms with E-state index in [1.807, 2.05) is 95.2 Å². The van der Waals surface area contributed by atoms with Crippen LogP contribution in [-0.2, 0) is 21.7 Å². The van der Waals surface area contributed by atoms with E-state index < -0.39 is 11.8 Å². The summed E-state index contributed by atoms with van der Waals surface area (Å²) in [6.07, 6.45) is 0.414. The number of hydrogen-bond acceptors (Lipinski definition) is 15. The lowest BCUT2D eigenvalue weighted by molar-refractivity contribution is -0.185. The number of aromatic nitrogens is 2. The number of cyclic esters (lactones) is 1. The van der Waals surface area contributed by atoms with Crippen LogP contribution in [0.25, 0.3) is 16.6 Å². The summed E-state index contributed by atoms with van der Waals surface area (Å²) in [6.45, 7) is 23.3. The second kappa shape index (κ2) is 20.2. The number of nitrogens with zero attached hydrogens (tertiary/aromatic N) is 2. The smallest absolute Gasteiger partial charge is 0.342 e. The van der Waals surface area contributed by atoms with Crippen LogP contribution in [0.1, 0.15) is 110 Å². The topological polar surface area (TPSA) is 163 Å². The van der Waals surface area contributed by atoms with Crippen molar-refractivity contribution in [2.45, 2.75) is 132 Å². The molecule has 2 aliphatic heterocycles. The van der Waals surface area contributed by atoms with Crippen molar-refractivity contribution in [3.8, 4) is 46.0 Å². The number of aliphatic hydroxyl groups is 1. The van der Waals surface area contributed by atoms with Gasteiger partial charge >= 0.3 is 5.97 Å². The highest BCUT2D eigenvalue weighted by atomic mass is 32.1. The first-order chi connectivity index (χ1) is 30.3. The Hall–Kier alpha value is -6.06. The number of aldehydes is 1. The number of hydrogen-bond donors (Lipinski definition) is 1. The lowest BCUT2D eigenvalue weighted by atomic mass is 9.87. The van der Waals surface area contributed by atoms with Crippen LogP contribution >= 0.6 is 11.7 Å². The fourth-order valence-corrected chi connectivity index (χ4v) is 7.51. The first-order valence-corrected chi connectivity index (χ1v) is 22.2. The Morgan fingerprint density at radius 2 is 1.14 bits per heavy atom. The van der Waals surface area contributed by atoms with Gasteiger partial charge in [-0.1, -0.05) is 6.07 Å². The fourth-order valence-electron chi connectivity index (χ4n) is 6.99. The number of carbonyl (C=O) groups is 2. The van der Waals surface area contributed by atoms with E-state index in [0.29, 0.717) is 84.9 Å². The Bertz CT molecular complexity index is 2430. The molecular formula is C49H58N2O12S. The maximum Gasteiger partial charge on any atom is 0.342 e. The van der Waals surface area contributed by atoms with Crippen LogP contribution in [0.3, 0.4) is 0 Å². The van der Waals surface area contributed by atoms with Gasteiger partial charge in [0.2, 0.25) is 18.3 Å². The van der Waals surface area contributed by atoms with Crippen LogP contribution in [0.15, 0.2) is 66.2 Å². The zero-order valence-corrected chi connectivity index (χ0v) is 39.3. The first-order valence-electron chi connectivity index (χ1n) is 21.5. The van der Waals surface area contributed by atoms with E-state index in [1.54, 1.807) is 48.5 Å². The third kappa shape index (κ3) is 11.2. The van der Waals surface area contributed by atoms with E-state index >= 15 is 0 Å². The van der Waals surface area contributed by atoms with Crippen molar-refractivity contribution in [3.05, 3.63) is 88.5 Å². The molecule has 14 nitrogen and oxygen atoms in total. The van der Waals surface area contributed by atoms with Crippen LogP contribution in [0.4, 0.5) is 0 Å². The van der Waals surface area contributed by atoms with Gasteiger partial charge in [0.15, 0.2) is 34.5 Å². The minimum Gasteiger partial charge on any atom is -0.487 e. The second-order valence-electron chi connectivity index (χ2n) is 17.0. The molecule has 0 fully saturated rings. The van der Waals surface area contributed by atoms with Gasteiger partial charge in [-0.2, -0.15) is 8.75 Å². The monoisotopic (exact) mass is 898 g/mol. The van der Waals surface area contributed by atoms with Gasteiger partial charge in [-0.25, -0.2) is 4.79 Å². The molecule has 0 bridgehead atoms. The van der Waals surface area contributed by atoms with Crippen LogP contribution in [0, 0.1) is 0 Å². The molecule has 1 atom stereocenters. The second-order valence-corrected chi connectivity index (χ2v) is 17.5. The SMILES string of the molecule is CC(C)Oc1cc(C=O)cc(OC(C)C)c1OC(C)C.CC(C)Oc1cc(CC2=C(c3ccc4c(c3)OCO4)C(=O)OC2(O)c2ccc3nsnc3c2)cc(OC(C)C)c1OC(C)C. The summed E-state index contributed by atoms with van der Waals surface area (Å²) >= 11 is 1.07. The first kappa shape index (κ1) is 47.4. The van der Waals surface area contributed by atoms with E-state index in [0.717, 1.165) is 18.0 Å². The highest BCUT2D eigenvalue weighted by molar-refractivity contribution is 7.00. The van der Waals surface area contributed by atoms with Crippen molar-refractivity contribution in [1.82, 2.24) is 8.75 Å². The number of esters is 1.